The van der Waals surface area contributed by atoms with Gasteiger partial charge in [0.25, 0.3) is 17.5 Å². The maximum atomic E-state index is 12.9. The lowest BCUT2D eigenvalue weighted by molar-refractivity contribution is -0.384. The van der Waals surface area contributed by atoms with E-state index in [1.54, 1.807) is 42.5 Å². The SMILES string of the molecule is O=C1NN(c2ccccc2)C(=O)C1=Cc1cc([N+](=O)[O-])ccc1OCCOc1ccc(Br)cc1. The number of amides is 2. The molecule has 34 heavy (non-hydrogen) atoms. The van der Waals surface area contributed by atoms with Crippen molar-refractivity contribution in [3.05, 3.63) is 98.5 Å². The number of halogens is 1. The van der Waals surface area contributed by atoms with Crippen LogP contribution >= 0.6 is 15.9 Å². The normalized spacial score (nSPS) is 14.3. The molecule has 0 radical (unpaired) electrons. The number of nitro groups is 1. The molecule has 0 unspecified atom stereocenters. The fourth-order valence-corrected chi connectivity index (χ4v) is 3.47. The lowest BCUT2D eigenvalue weighted by atomic mass is 10.1. The summed E-state index contributed by atoms with van der Waals surface area (Å²) < 4.78 is 12.3. The van der Waals surface area contributed by atoms with Crippen LogP contribution in [0.25, 0.3) is 6.08 Å². The Morgan fingerprint density at radius 2 is 1.68 bits per heavy atom. The third-order valence-electron chi connectivity index (χ3n) is 4.83. The molecule has 0 bridgehead atoms. The number of para-hydroxylation sites is 1. The number of carbonyl (C=O) groups excluding carboxylic acids is 2. The molecule has 1 aliphatic heterocycles. The van der Waals surface area contributed by atoms with Crippen LogP contribution in [0.3, 0.4) is 0 Å². The molecule has 0 aromatic heterocycles. The van der Waals surface area contributed by atoms with Crippen molar-refractivity contribution < 1.29 is 24.0 Å². The molecule has 3 aromatic rings. The molecule has 2 amide bonds. The summed E-state index contributed by atoms with van der Waals surface area (Å²) in [5, 5.41) is 12.4. The van der Waals surface area contributed by atoms with Crippen LogP contribution in [0.2, 0.25) is 0 Å². The van der Waals surface area contributed by atoms with Gasteiger partial charge in [-0.1, -0.05) is 34.1 Å². The predicted molar refractivity (Wildman–Crippen MR) is 128 cm³/mol. The highest BCUT2D eigenvalue weighted by molar-refractivity contribution is 9.10. The molecule has 4 rings (SSSR count). The van der Waals surface area contributed by atoms with Crippen LogP contribution < -0.4 is 19.9 Å². The monoisotopic (exact) mass is 523 g/mol. The number of nitro benzene ring substituents is 1. The van der Waals surface area contributed by atoms with Gasteiger partial charge < -0.3 is 9.47 Å². The Bertz CT molecular complexity index is 1260. The number of anilines is 1. The number of rotatable bonds is 8. The van der Waals surface area contributed by atoms with Crippen molar-refractivity contribution in [2.45, 2.75) is 0 Å². The van der Waals surface area contributed by atoms with E-state index in [0.29, 0.717) is 11.4 Å². The second-order valence-corrected chi connectivity index (χ2v) is 8.02. The van der Waals surface area contributed by atoms with Crippen LogP contribution in [0.15, 0.2) is 82.8 Å². The van der Waals surface area contributed by atoms with E-state index >= 15 is 0 Å². The van der Waals surface area contributed by atoms with E-state index in [-0.39, 0.29) is 35.8 Å². The molecule has 1 heterocycles. The van der Waals surface area contributed by atoms with Gasteiger partial charge in [0, 0.05) is 22.2 Å². The van der Waals surface area contributed by atoms with Gasteiger partial charge in [0.05, 0.1) is 10.6 Å². The van der Waals surface area contributed by atoms with E-state index < -0.39 is 16.7 Å². The van der Waals surface area contributed by atoms with E-state index in [0.717, 1.165) is 9.48 Å². The van der Waals surface area contributed by atoms with Gasteiger partial charge in [0.1, 0.15) is 30.3 Å². The first kappa shape index (κ1) is 23.0. The molecule has 9 nitrogen and oxygen atoms in total. The van der Waals surface area contributed by atoms with Gasteiger partial charge in [0.2, 0.25) is 0 Å². The zero-order valence-corrected chi connectivity index (χ0v) is 19.2. The van der Waals surface area contributed by atoms with Gasteiger partial charge in [-0.15, -0.1) is 0 Å². The summed E-state index contributed by atoms with van der Waals surface area (Å²) in [6, 6.07) is 19.9. The van der Waals surface area contributed by atoms with Crippen LogP contribution in [-0.4, -0.2) is 30.0 Å². The first-order valence-electron chi connectivity index (χ1n) is 10.1. The minimum absolute atomic E-state index is 0.139. The Hall–Kier alpha value is -4.18. The lowest BCUT2D eigenvalue weighted by Crippen LogP contribution is -2.35. The van der Waals surface area contributed by atoms with Crippen LogP contribution in [0, 0.1) is 10.1 Å². The number of hydrazine groups is 1. The highest BCUT2D eigenvalue weighted by Crippen LogP contribution is 2.29. The predicted octanol–water partition coefficient (Wildman–Crippen LogP) is 4.28. The average molecular weight is 524 g/mol. The van der Waals surface area contributed by atoms with Gasteiger partial charge in [-0.2, -0.15) is 0 Å². The summed E-state index contributed by atoms with van der Waals surface area (Å²) in [5.74, 6) is -0.263. The maximum Gasteiger partial charge on any atom is 0.282 e. The van der Waals surface area contributed by atoms with Crippen molar-refractivity contribution in [1.82, 2.24) is 5.43 Å². The van der Waals surface area contributed by atoms with E-state index in [1.165, 1.54) is 24.3 Å². The number of nitrogens with zero attached hydrogens (tertiary/aromatic N) is 2. The Labute approximate surface area is 202 Å². The number of carbonyl (C=O) groups is 2. The maximum absolute atomic E-state index is 12.9. The summed E-state index contributed by atoms with van der Waals surface area (Å²) in [7, 11) is 0. The largest absolute Gasteiger partial charge is 0.490 e. The minimum atomic E-state index is -0.620. The Kier molecular flexibility index (Phi) is 6.88. The minimum Gasteiger partial charge on any atom is -0.490 e. The van der Waals surface area contributed by atoms with Crippen molar-refractivity contribution in [3.63, 3.8) is 0 Å². The number of hydrogen-bond acceptors (Lipinski definition) is 6. The zero-order chi connectivity index (χ0) is 24.1. The highest BCUT2D eigenvalue weighted by atomic mass is 79.9. The van der Waals surface area contributed by atoms with Crippen molar-refractivity contribution in [2.75, 3.05) is 18.2 Å². The van der Waals surface area contributed by atoms with Crippen molar-refractivity contribution in [3.8, 4) is 11.5 Å². The Morgan fingerprint density at radius 1 is 0.971 bits per heavy atom. The highest BCUT2D eigenvalue weighted by Gasteiger charge is 2.34. The number of non-ortho nitro benzene ring substituents is 1. The van der Waals surface area contributed by atoms with Crippen LogP contribution in [0.5, 0.6) is 11.5 Å². The summed E-state index contributed by atoms with van der Waals surface area (Å²) >= 11 is 3.35. The van der Waals surface area contributed by atoms with Gasteiger partial charge in [-0.3, -0.25) is 25.1 Å². The van der Waals surface area contributed by atoms with E-state index in [1.807, 2.05) is 12.1 Å². The smallest absolute Gasteiger partial charge is 0.282 e. The molecule has 172 valence electrons. The molecule has 1 saturated heterocycles. The molecular weight excluding hydrogens is 506 g/mol. The molecule has 0 atom stereocenters. The number of benzene rings is 3. The molecule has 10 heteroatoms. The molecule has 1 aliphatic rings. The fraction of sp³-hybridized carbons (Fsp3) is 0.0833. The molecular formula is C24H18BrN3O6. The average Bonchev–Trinajstić information content (AvgIpc) is 3.12. The van der Waals surface area contributed by atoms with Gasteiger partial charge in [0.15, 0.2) is 0 Å². The Morgan fingerprint density at radius 3 is 2.38 bits per heavy atom. The van der Waals surface area contributed by atoms with Crippen molar-refractivity contribution in [1.29, 1.82) is 0 Å². The summed E-state index contributed by atoms with van der Waals surface area (Å²) in [6.07, 6.45) is 1.29. The standard InChI is InChI=1S/C24H18BrN3O6/c25-17-6-9-20(10-7-17)33-12-13-34-22-11-8-19(28(31)32)14-16(22)15-21-23(29)26-27(24(21)30)18-4-2-1-3-5-18/h1-11,14-15H,12-13H2,(H,26,29). The first-order chi connectivity index (χ1) is 16.4. The molecule has 0 saturated carbocycles. The lowest BCUT2D eigenvalue weighted by Gasteiger charge is -2.14. The number of nitrogens with one attached hydrogen (secondary N) is 1. The topological polar surface area (TPSA) is 111 Å². The second kappa shape index (κ2) is 10.2. The van der Waals surface area contributed by atoms with Crippen molar-refractivity contribution in [2.24, 2.45) is 0 Å². The second-order valence-electron chi connectivity index (χ2n) is 7.11. The van der Waals surface area contributed by atoms with Gasteiger partial charge >= 0.3 is 0 Å². The number of hydrogen-bond donors (Lipinski definition) is 1. The quantitative estimate of drug-likeness (QED) is 0.155. The molecule has 0 spiro atoms. The van der Waals surface area contributed by atoms with Crippen LogP contribution in [0.1, 0.15) is 5.56 Å². The van der Waals surface area contributed by atoms with Crippen molar-refractivity contribution >= 4 is 45.2 Å². The third kappa shape index (κ3) is 5.24. The molecule has 0 aliphatic carbocycles. The van der Waals surface area contributed by atoms with Gasteiger partial charge in [-0.05, 0) is 48.5 Å². The molecule has 3 aromatic carbocycles. The zero-order valence-electron chi connectivity index (χ0n) is 17.6. The molecule has 1 fully saturated rings. The Balaban J connectivity index is 1.53. The summed E-state index contributed by atoms with van der Waals surface area (Å²) in [4.78, 5) is 36.1. The van der Waals surface area contributed by atoms with Gasteiger partial charge in [-0.25, -0.2) is 5.01 Å². The summed E-state index contributed by atoms with van der Waals surface area (Å²) in [6.45, 7) is 0.357. The van der Waals surface area contributed by atoms with E-state index in [4.69, 9.17) is 9.47 Å². The van der Waals surface area contributed by atoms with Crippen LogP contribution in [-0.2, 0) is 9.59 Å². The van der Waals surface area contributed by atoms with E-state index in [9.17, 15) is 19.7 Å². The molecule has 1 N–H and O–H groups in total. The fourth-order valence-electron chi connectivity index (χ4n) is 3.21. The number of ether oxygens (including phenoxy) is 2. The summed E-state index contributed by atoms with van der Waals surface area (Å²) in [5.41, 5.74) is 2.85. The van der Waals surface area contributed by atoms with Crippen LogP contribution in [0.4, 0.5) is 11.4 Å². The third-order valence-corrected chi connectivity index (χ3v) is 5.36. The van der Waals surface area contributed by atoms with E-state index in [2.05, 4.69) is 21.4 Å². The first-order valence-corrected chi connectivity index (χ1v) is 10.9.